The van der Waals surface area contributed by atoms with Gasteiger partial charge in [-0.1, -0.05) is 54.4 Å². The van der Waals surface area contributed by atoms with E-state index in [1.807, 2.05) is 27.7 Å². The summed E-state index contributed by atoms with van der Waals surface area (Å²) in [5.74, 6) is 0.871. The summed E-state index contributed by atoms with van der Waals surface area (Å²) >= 11 is 0. The second kappa shape index (κ2) is 12.4. The molecular weight excluding hydrogens is 292 g/mol. The van der Waals surface area contributed by atoms with Gasteiger partial charge in [0.15, 0.2) is 0 Å². The molecule has 0 heterocycles. The fourth-order valence-corrected chi connectivity index (χ4v) is 2.11. The van der Waals surface area contributed by atoms with Gasteiger partial charge in [-0.2, -0.15) is 0 Å². The van der Waals surface area contributed by atoms with Crippen LogP contribution >= 0.6 is 0 Å². The van der Waals surface area contributed by atoms with Gasteiger partial charge in [-0.3, -0.25) is 9.59 Å². The highest BCUT2D eigenvalue weighted by Gasteiger charge is 2.20. The number of esters is 2. The molecule has 0 aromatic heterocycles. The summed E-state index contributed by atoms with van der Waals surface area (Å²) in [6, 6.07) is 0. The number of hydrogen-bond acceptors (Lipinski definition) is 4. The Balaban J connectivity index is 4.42. The second-order valence-electron chi connectivity index (χ2n) is 7.52. The normalized spacial score (nSPS) is 12.7. The molecule has 23 heavy (non-hydrogen) atoms. The average molecular weight is 328 g/mol. The second-order valence-corrected chi connectivity index (χ2v) is 7.52. The Kier molecular flexibility index (Phi) is 11.8. The first-order valence-electron chi connectivity index (χ1n) is 9.05. The Bertz CT molecular complexity index is 310. The minimum Gasteiger partial charge on any atom is -0.465 e. The van der Waals surface area contributed by atoms with Crippen molar-refractivity contribution in [3.8, 4) is 0 Å². The Morgan fingerprint density at radius 3 is 1.57 bits per heavy atom. The van der Waals surface area contributed by atoms with Crippen LogP contribution in [0.5, 0.6) is 0 Å². The number of rotatable bonds is 12. The molecule has 0 aliphatic carbocycles. The molecule has 1 atom stereocenters. The van der Waals surface area contributed by atoms with E-state index in [2.05, 4.69) is 13.8 Å². The molecule has 0 aromatic carbocycles. The molecule has 0 bridgehead atoms. The fraction of sp³-hybridized carbons (Fsp3) is 0.895. The first-order chi connectivity index (χ1) is 10.7. The number of carbonyl (C=O) groups is 2. The van der Waals surface area contributed by atoms with E-state index in [1.54, 1.807) is 0 Å². The molecule has 0 fully saturated rings. The van der Waals surface area contributed by atoms with Gasteiger partial charge >= 0.3 is 11.9 Å². The molecule has 0 radical (unpaired) electrons. The lowest BCUT2D eigenvalue weighted by Gasteiger charge is -2.18. The Labute approximate surface area is 142 Å². The molecule has 1 unspecified atom stereocenters. The zero-order valence-electron chi connectivity index (χ0n) is 15.9. The van der Waals surface area contributed by atoms with E-state index in [0.29, 0.717) is 43.8 Å². The maximum atomic E-state index is 11.9. The quantitative estimate of drug-likeness (QED) is 0.491. The predicted molar refractivity (Wildman–Crippen MR) is 93.0 cm³/mol. The highest BCUT2D eigenvalue weighted by molar-refractivity contribution is 5.73. The topological polar surface area (TPSA) is 52.6 Å². The molecular formula is C19H36O4. The summed E-state index contributed by atoms with van der Waals surface area (Å²) in [5, 5.41) is 0. The van der Waals surface area contributed by atoms with Crippen LogP contribution in [0.4, 0.5) is 0 Å². The number of hydrogen-bond donors (Lipinski definition) is 0. The minimum absolute atomic E-state index is 0.0170. The van der Waals surface area contributed by atoms with Crippen LogP contribution in [0, 0.1) is 23.7 Å². The third kappa shape index (κ3) is 13.1. The molecule has 0 aliphatic rings. The van der Waals surface area contributed by atoms with Crippen molar-refractivity contribution in [2.75, 3.05) is 13.2 Å². The van der Waals surface area contributed by atoms with Gasteiger partial charge in [-0.25, -0.2) is 0 Å². The van der Waals surface area contributed by atoms with Gasteiger partial charge in [-0.05, 0) is 30.1 Å². The summed E-state index contributed by atoms with van der Waals surface area (Å²) in [7, 11) is 0. The third-order valence-corrected chi connectivity index (χ3v) is 3.83. The maximum absolute atomic E-state index is 11.9. The monoisotopic (exact) mass is 328 g/mol. The smallest absolute Gasteiger partial charge is 0.306 e. The molecule has 0 spiro atoms. The van der Waals surface area contributed by atoms with E-state index in [1.165, 1.54) is 0 Å². The van der Waals surface area contributed by atoms with Crippen molar-refractivity contribution in [1.29, 1.82) is 0 Å². The van der Waals surface area contributed by atoms with Crippen LogP contribution in [-0.4, -0.2) is 25.2 Å². The lowest BCUT2D eigenvalue weighted by molar-refractivity contribution is -0.148. The van der Waals surface area contributed by atoms with E-state index in [0.717, 1.165) is 19.3 Å². The summed E-state index contributed by atoms with van der Waals surface area (Å²) in [6.07, 6.45) is 3.61. The van der Waals surface area contributed by atoms with Crippen molar-refractivity contribution in [2.24, 2.45) is 23.7 Å². The molecule has 0 aromatic rings. The van der Waals surface area contributed by atoms with Crippen LogP contribution in [0.15, 0.2) is 0 Å². The summed E-state index contributed by atoms with van der Waals surface area (Å²) < 4.78 is 10.5. The van der Waals surface area contributed by atoms with Gasteiger partial charge in [0.25, 0.3) is 0 Å². The van der Waals surface area contributed by atoms with Crippen molar-refractivity contribution >= 4 is 11.9 Å². The van der Waals surface area contributed by atoms with Crippen LogP contribution in [-0.2, 0) is 19.1 Å². The Morgan fingerprint density at radius 1 is 0.783 bits per heavy atom. The molecule has 0 saturated heterocycles. The molecule has 4 heteroatoms. The highest BCUT2D eigenvalue weighted by Crippen LogP contribution is 2.22. The van der Waals surface area contributed by atoms with Crippen LogP contribution in [0.1, 0.15) is 73.6 Å². The SMILES string of the molecule is CCC(C)CCC(CC(=O)OCC(C)C)CC(=O)OCC(C)C. The van der Waals surface area contributed by atoms with E-state index >= 15 is 0 Å². The maximum Gasteiger partial charge on any atom is 0.306 e. The largest absolute Gasteiger partial charge is 0.465 e. The molecule has 0 amide bonds. The molecule has 0 aliphatic heterocycles. The molecule has 4 nitrogen and oxygen atoms in total. The molecule has 0 rings (SSSR count). The first kappa shape index (κ1) is 21.9. The average Bonchev–Trinajstić information content (AvgIpc) is 2.48. The standard InChI is InChI=1S/C19H36O4/c1-7-16(6)8-9-17(10-18(20)22-12-14(2)3)11-19(21)23-13-15(4)5/h14-17H,7-13H2,1-6H3. The molecule has 0 N–H and O–H groups in total. The summed E-state index contributed by atoms with van der Waals surface area (Å²) in [4.78, 5) is 23.9. The minimum atomic E-state index is -0.204. The van der Waals surface area contributed by atoms with Crippen molar-refractivity contribution in [3.05, 3.63) is 0 Å². The van der Waals surface area contributed by atoms with Crippen molar-refractivity contribution in [3.63, 3.8) is 0 Å². The van der Waals surface area contributed by atoms with Crippen molar-refractivity contribution in [1.82, 2.24) is 0 Å². The van der Waals surface area contributed by atoms with Crippen LogP contribution in [0.3, 0.4) is 0 Å². The van der Waals surface area contributed by atoms with E-state index in [9.17, 15) is 9.59 Å². The zero-order valence-corrected chi connectivity index (χ0v) is 15.9. The third-order valence-electron chi connectivity index (χ3n) is 3.83. The van der Waals surface area contributed by atoms with E-state index in [4.69, 9.17) is 9.47 Å². The van der Waals surface area contributed by atoms with Crippen LogP contribution in [0.25, 0.3) is 0 Å². The zero-order chi connectivity index (χ0) is 17.8. The van der Waals surface area contributed by atoms with Crippen molar-refractivity contribution < 1.29 is 19.1 Å². The summed E-state index contributed by atoms with van der Waals surface area (Å²) in [6.45, 7) is 13.3. The summed E-state index contributed by atoms with van der Waals surface area (Å²) in [5.41, 5.74) is 0. The number of carbonyl (C=O) groups excluding carboxylic acids is 2. The predicted octanol–water partition coefficient (Wildman–Crippen LogP) is 4.61. The van der Waals surface area contributed by atoms with Gasteiger partial charge in [-0.15, -0.1) is 0 Å². The van der Waals surface area contributed by atoms with Gasteiger partial charge in [0.1, 0.15) is 0 Å². The van der Waals surface area contributed by atoms with E-state index < -0.39 is 0 Å². The van der Waals surface area contributed by atoms with Gasteiger partial charge in [0.2, 0.25) is 0 Å². The van der Waals surface area contributed by atoms with Gasteiger partial charge in [0, 0.05) is 12.8 Å². The van der Waals surface area contributed by atoms with Gasteiger partial charge in [0.05, 0.1) is 13.2 Å². The van der Waals surface area contributed by atoms with Crippen molar-refractivity contribution in [2.45, 2.75) is 73.6 Å². The molecule has 136 valence electrons. The Hall–Kier alpha value is -1.06. The lowest BCUT2D eigenvalue weighted by atomic mass is 9.91. The fourth-order valence-electron chi connectivity index (χ4n) is 2.11. The Morgan fingerprint density at radius 2 is 1.22 bits per heavy atom. The highest BCUT2D eigenvalue weighted by atomic mass is 16.5. The lowest BCUT2D eigenvalue weighted by Crippen LogP contribution is -2.19. The first-order valence-corrected chi connectivity index (χ1v) is 9.05. The van der Waals surface area contributed by atoms with Gasteiger partial charge < -0.3 is 9.47 Å². The van der Waals surface area contributed by atoms with Crippen LogP contribution < -0.4 is 0 Å². The van der Waals surface area contributed by atoms with E-state index in [-0.39, 0.29) is 17.9 Å². The number of ether oxygens (including phenoxy) is 2. The molecule has 0 saturated carbocycles. The van der Waals surface area contributed by atoms with Crippen LogP contribution in [0.2, 0.25) is 0 Å².